The zero-order chi connectivity index (χ0) is 14.3. The second kappa shape index (κ2) is 8.51. The van der Waals surface area contributed by atoms with E-state index in [-0.39, 0.29) is 12.5 Å². The van der Waals surface area contributed by atoms with Crippen LogP contribution in [0.15, 0.2) is 0 Å². The van der Waals surface area contributed by atoms with E-state index in [9.17, 15) is 9.90 Å². The van der Waals surface area contributed by atoms with E-state index in [0.29, 0.717) is 19.1 Å². The van der Waals surface area contributed by atoms with Crippen molar-refractivity contribution in [1.29, 1.82) is 0 Å². The van der Waals surface area contributed by atoms with Gasteiger partial charge in [0, 0.05) is 13.0 Å². The number of aliphatic hydroxyl groups excluding tert-OH is 1. The molecule has 1 saturated heterocycles. The van der Waals surface area contributed by atoms with Gasteiger partial charge in [-0.05, 0) is 52.1 Å². The number of carboxylic acid groups (broad SMARTS) is 1. The van der Waals surface area contributed by atoms with Gasteiger partial charge in [0.25, 0.3) is 0 Å². The van der Waals surface area contributed by atoms with E-state index in [4.69, 9.17) is 9.84 Å². The van der Waals surface area contributed by atoms with Crippen molar-refractivity contribution in [3.63, 3.8) is 0 Å². The summed E-state index contributed by atoms with van der Waals surface area (Å²) in [6, 6.07) is 0. The highest BCUT2D eigenvalue weighted by Crippen LogP contribution is 2.21. The summed E-state index contributed by atoms with van der Waals surface area (Å²) in [5.74, 6) is -0.180. The topological polar surface area (TPSA) is 70.0 Å². The second-order valence-corrected chi connectivity index (χ2v) is 5.71. The van der Waals surface area contributed by atoms with E-state index in [1.165, 1.54) is 0 Å². The number of rotatable bonds is 8. The first-order valence-electron chi connectivity index (χ1n) is 7.21. The largest absolute Gasteiger partial charge is 0.481 e. The quantitative estimate of drug-likeness (QED) is 0.698. The van der Waals surface area contributed by atoms with Gasteiger partial charge < -0.3 is 19.8 Å². The predicted octanol–water partition coefficient (Wildman–Crippen LogP) is 1.35. The van der Waals surface area contributed by atoms with Crippen LogP contribution in [0, 0.1) is 5.92 Å². The summed E-state index contributed by atoms with van der Waals surface area (Å²) in [5.41, 5.74) is 0. The Bertz CT molecular complexity index is 262. The molecule has 5 nitrogen and oxygen atoms in total. The third-order valence-corrected chi connectivity index (χ3v) is 3.56. The maximum absolute atomic E-state index is 10.5. The molecule has 1 rings (SSSR count). The van der Waals surface area contributed by atoms with Gasteiger partial charge in [-0.3, -0.25) is 4.79 Å². The number of carbonyl (C=O) groups is 1. The summed E-state index contributed by atoms with van der Waals surface area (Å²) in [6.45, 7) is 6.85. The summed E-state index contributed by atoms with van der Waals surface area (Å²) < 4.78 is 5.39. The fourth-order valence-corrected chi connectivity index (χ4v) is 2.44. The van der Waals surface area contributed by atoms with Gasteiger partial charge in [-0.1, -0.05) is 0 Å². The van der Waals surface area contributed by atoms with Gasteiger partial charge in [-0.15, -0.1) is 0 Å². The molecule has 0 aromatic carbocycles. The molecule has 1 heterocycles. The van der Waals surface area contributed by atoms with E-state index in [1.54, 1.807) is 0 Å². The predicted molar refractivity (Wildman–Crippen MR) is 73.1 cm³/mol. The summed E-state index contributed by atoms with van der Waals surface area (Å²) in [5, 5.41) is 18.5. The summed E-state index contributed by atoms with van der Waals surface area (Å²) in [6.07, 6.45) is 2.84. The molecule has 0 radical (unpaired) electrons. The molecule has 1 aliphatic rings. The number of nitrogens with zero attached hydrogens (tertiary/aromatic N) is 1. The normalized spacial score (nSPS) is 19.8. The van der Waals surface area contributed by atoms with Crippen LogP contribution < -0.4 is 0 Å². The van der Waals surface area contributed by atoms with E-state index in [0.717, 1.165) is 32.4 Å². The van der Waals surface area contributed by atoms with E-state index in [1.807, 2.05) is 13.8 Å². The highest BCUT2D eigenvalue weighted by Gasteiger charge is 2.21. The number of ether oxygens (including phenoxy) is 1. The number of hydrogen-bond acceptors (Lipinski definition) is 4. The third kappa shape index (κ3) is 7.50. The highest BCUT2D eigenvalue weighted by atomic mass is 16.5. The Labute approximate surface area is 115 Å². The lowest BCUT2D eigenvalue weighted by Gasteiger charge is -2.33. The molecule has 0 spiro atoms. The lowest BCUT2D eigenvalue weighted by atomic mass is 9.92. The zero-order valence-electron chi connectivity index (χ0n) is 12.0. The third-order valence-electron chi connectivity index (χ3n) is 3.56. The van der Waals surface area contributed by atoms with Crippen molar-refractivity contribution < 1.29 is 19.7 Å². The number of hydrogen-bond donors (Lipinski definition) is 2. The molecule has 0 aliphatic carbocycles. The molecule has 2 N–H and O–H groups in total. The second-order valence-electron chi connectivity index (χ2n) is 5.71. The van der Waals surface area contributed by atoms with E-state index < -0.39 is 12.1 Å². The van der Waals surface area contributed by atoms with Crippen LogP contribution in [0.5, 0.6) is 0 Å². The molecule has 112 valence electrons. The lowest BCUT2D eigenvalue weighted by Crippen LogP contribution is -2.40. The molecule has 0 saturated carbocycles. The van der Waals surface area contributed by atoms with Crippen LogP contribution in [0.25, 0.3) is 0 Å². The van der Waals surface area contributed by atoms with E-state index >= 15 is 0 Å². The van der Waals surface area contributed by atoms with Crippen molar-refractivity contribution in [2.45, 2.75) is 51.7 Å². The number of aliphatic hydroxyl groups is 1. The van der Waals surface area contributed by atoms with Crippen molar-refractivity contribution in [2.24, 2.45) is 5.92 Å². The molecule has 0 bridgehead atoms. The molecule has 0 aromatic heterocycles. The van der Waals surface area contributed by atoms with Gasteiger partial charge in [0.1, 0.15) is 0 Å². The fraction of sp³-hybridized carbons (Fsp3) is 0.929. The number of piperidine rings is 1. The molecular formula is C14H27NO4. The van der Waals surface area contributed by atoms with Gasteiger partial charge in [-0.2, -0.15) is 0 Å². The zero-order valence-corrected chi connectivity index (χ0v) is 12.0. The minimum absolute atomic E-state index is 0.149. The molecule has 1 aliphatic heterocycles. The standard InChI is InChI=1S/C14H27NO4/c1-11(2)19-10-13(16)9-15-7-5-12(6-8-15)3-4-14(17)18/h11-13,16H,3-10H2,1-2H3,(H,17,18). The molecule has 0 amide bonds. The molecule has 19 heavy (non-hydrogen) atoms. The SMILES string of the molecule is CC(C)OCC(O)CN1CCC(CCC(=O)O)CC1. The summed E-state index contributed by atoms with van der Waals surface area (Å²) in [7, 11) is 0. The molecule has 1 fully saturated rings. The number of β-amino-alcohol motifs (C(OH)–C–C–N with tert-alkyl or cyclic N) is 1. The van der Waals surface area contributed by atoms with Crippen molar-refractivity contribution in [3.8, 4) is 0 Å². The monoisotopic (exact) mass is 273 g/mol. The van der Waals surface area contributed by atoms with E-state index in [2.05, 4.69) is 4.90 Å². The smallest absolute Gasteiger partial charge is 0.303 e. The number of carboxylic acids is 1. The Morgan fingerprint density at radius 1 is 1.37 bits per heavy atom. The van der Waals surface area contributed by atoms with Crippen molar-refractivity contribution >= 4 is 5.97 Å². The van der Waals surface area contributed by atoms with Crippen molar-refractivity contribution in [2.75, 3.05) is 26.2 Å². The molecule has 1 unspecified atom stereocenters. The van der Waals surface area contributed by atoms with Gasteiger partial charge in [0.15, 0.2) is 0 Å². The maximum Gasteiger partial charge on any atom is 0.303 e. The van der Waals surface area contributed by atoms with Crippen molar-refractivity contribution in [1.82, 2.24) is 4.90 Å². The minimum atomic E-state index is -0.705. The fourth-order valence-electron chi connectivity index (χ4n) is 2.44. The molecule has 0 aromatic rings. The van der Waals surface area contributed by atoms with Crippen molar-refractivity contribution in [3.05, 3.63) is 0 Å². The lowest BCUT2D eigenvalue weighted by molar-refractivity contribution is -0.137. The molecule has 5 heteroatoms. The van der Waals surface area contributed by atoms with Crippen LogP contribution in [0.1, 0.15) is 39.5 Å². The van der Waals surface area contributed by atoms with Crippen LogP contribution in [-0.4, -0.2) is 59.5 Å². The highest BCUT2D eigenvalue weighted by molar-refractivity contribution is 5.66. The summed E-state index contributed by atoms with van der Waals surface area (Å²) in [4.78, 5) is 12.8. The van der Waals surface area contributed by atoms with Crippen LogP contribution in [-0.2, 0) is 9.53 Å². The summed E-state index contributed by atoms with van der Waals surface area (Å²) >= 11 is 0. The first-order valence-corrected chi connectivity index (χ1v) is 7.21. The van der Waals surface area contributed by atoms with Gasteiger partial charge in [-0.25, -0.2) is 0 Å². The first-order chi connectivity index (χ1) is 8.97. The van der Waals surface area contributed by atoms with Crippen LogP contribution >= 0.6 is 0 Å². The van der Waals surface area contributed by atoms with Gasteiger partial charge in [0.2, 0.25) is 0 Å². The van der Waals surface area contributed by atoms with Crippen LogP contribution in [0.2, 0.25) is 0 Å². The Hall–Kier alpha value is -0.650. The molecule has 1 atom stereocenters. The van der Waals surface area contributed by atoms with Crippen LogP contribution in [0.4, 0.5) is 0 Å². The van der Waals surface area contributed by atoms with Gasteiger partial charge >= 0.3 is 5.97 Å². The van der Waals surface area contributed by atoms with Crippen LogP contribution in [0.3, 0.4) is 0 Å². The average molecular weight is 273 g/mol. The average Bonchev–Trinajstić information content (AvgIpc) is 2.35. The molecular weight excluding hydrogens is 246 g/mol. The Balaban J connectivity index is 2.13. The Morgan fingerprint density at radius 3 is 2.53 bits per heavy atom. The Kier molecular flexibility index (Phi) is 7.34. The van der Waals surface area contributed by atoms with Gasteiger partial charge in [0.05, 0.1) is 18.8 Å². The first kappa shape index (κ1) is 16.4. The number of aliphatic carboxylic acids is 1. The minimum Gasteiger partial charge on any atom is -0.481 e. The maximum atomic E-state index is 10.5. The number of likely N-dealkylation sites (tertiary alicyclic amines) is 1. The Morgan fingerprint density at radius 2 is 2.00 bits per heavy atom.